The summed E-state index contributed by atoms with van der Waals surface area (Å²) >= 11 is 0. The number of nitrogens with one attached hydrogen (secondary N) is 1. The lowest BCUT2D eigenvalue weighted by Gasteiger charge is -2.12. The van der Waals surface area contributed by atoms with Crippen LogP contribution in [-0.4, -0.2) is 17.8 Å². The van der Waals surface area contributed by atoms with Gasteiger partial charge in [0.2, 0.25) is 0 Å². The molecule has 7 heteroatoms. The number of nitrogens with zero attached hydrogens (tertiary/aromatic N) is 1. The minimum Gasteiger partial charge on any atom is -0.444 e. The predicted molar refractivity (Wildman–Crippen MR) is 132 cm³/mol. The van der Waals surface area contributed by atoms with Crippen molar-refractivity contribution in [1.82, 2.24) is 4.57 Å². The Morgan fingerprint density at radius 2 is 1.82 bits per heavy atom. The van der Waals surface area contributed by atoms with Crippen molar-refractivity contribution in [2.45, 2.75) is 26.0 Å². The zero-order valence-electron chi connectivity index (χ0n) is 19.0. The fourth-order valence-corrected chi connectivity index (χ4v) is 4.15. The Morgan fingerprint density at radius 1 is 1.06 bits per heavy atom. The van der Waals surface area contributed by atoms with Gasteiger partial charge in [0.25, 0.3) is 0 Å². The third-order valence-electron chi connectivity index (χ3n) is 6.01. The normalized spacial score (nSPS) is 13.1. The number of ether oxygens (including phenoxy) is 1. The summed E-state index contributed by atoms with van der Waals surface area (Å²) in [6, 6.07) is 23.0. The molecule has 1 aliphatic rings. The fourth-order valence-electron chi connectivity index (χ4n) is 4.15. The minimum atomic E-state index is -0.496. The van der Waals surface area contributed by atoms with E-state index in [0.717, 1.165) is 40.0 Å². The lowest BCUT2D eigenvalue weighted by atomic mass is 10.1. The first-order chi connectivity index (χ1) is 16.6. The number of nitrogens with two attached hydrogens (primary N) is 1. The monoisotopic (exact) mass is 457 g/mol. The van der Waals surface area contributed by atoms with Crippen molar-refractivity contribution >= 4 is 28.4 Å². The van der Waals surface area contributed by atoms with E-state index in [2.05, 4.69) is 9.88 Å². The molecule has 0 saturated heterocycles. The van der Waals surface area contributed by atoms with E-state index in [-0.39, 0.29) is 6.61 Å². The molecule has 1 amide bonds. The van der Waals surface area contributed by atoms with E-state index >= 15 is 0 Å². The van der Waals surface area contributed by atoms with Crippen LogP contribution in [-0.2, 0) is 22.8 Å². The van der Waals surface area contributed by atoms with Crippen molar-refractivity contribution in [2.75, 3.05) is 18.2 Å². The quantitative estimate of drug-likeness (QED) is 0.251. The smallest absolute Gasteiger partial charge is 0.411 e. The van der Waals surface area contributed by atoms with Gasteiger partial charge < -0.3 is 19.9 Å². The Hall–Kier alpha value is -3.97. The van der Waals surface area contributed by atoms with Gasteiger partial charge in [0, 0.05) is 29.2 Å². The highest BCUT2D eigenvalue weighted by Gasteiger charge is 2.26. The molecule has 1 aliphatic carbocycles. The molecule has 3 aromatic carbocycles. The Labute approximate surface area is 198 Å². The maximum absolute atomic E-state index is 12.2. The van der Waals surface area contributed by atoms with E-state index in [1.165, 1.54) is 20.0 Å². The first kappa shape index (κ1) is 21.9. The minimum absolute atomic E-state index is 0.220. The van der Waals surface area contributed by atoms with Gasteiger partial charge in [-0.15, -0.1) is 0 Å². The second-order valence-corrected chi connectivity index (χ2v) is 8.51. The summed E-state index contributed by atoms with van der Waals surface area (Å²) in [5.41, 5.74) is 11.9. The number of hydrogen-bond acceptors (Lipinski definition) is 5. The molecule has 0 unspecified atom stereocenters. The molecule has 7 nitrogen and oxygen atoms in total. The molecule has 0 spiro atoms. The van der Waals surface area contributed by atoms with E-state index in [9.17, 15) is 4.79 Å². The Bertz CT molecular complexity index is 1300. The average molecular weight is 458 g/mol. The number of amides is 1. The van der Waals surface area contributed by atoms with Crippen molar-refractivity contribution in [3.8, 4) is 17.0 Å². The predicted octanol–water partition coefficient (Wildman–Crippen LogP) is 5.99. The second kappa shape index (κ2) is 9.49. The fraction of sp³-hybridized carbons (Fsp3) is 0.222. The number of carbonyl (C=O) groups is 1. The van der Waals surface area contributed by atoms with Gasteiger partial charge in [0.05, 0.1) is 24.0 Å². The zero-order valence-corrected chi connectivity index (χ0v) is 19.0. The summed E-state index contributed by atoms with van der Waals surface area (Å²) in [4.78, 5) is 22.3. The molecule has 1 aromatic heterocycles. The van der Waals surface area contributed by atoms with Gasteiger partial charge in [0.15, 0.2) is 5.75 Å². The van der Waals surface area contributed by atoms with Crippen LogP contribution >= 0.6 is 0 Å². The van der Waals surface area contributed by atoms with Crippen LogP contribution in [0.5, 0.6) is 5.75 Å². The van der Waals surface area contributed by atoms with E-state index in [0.29, 0.717) is 17.4 Å². The number of benzene rings is 3. The van der Waals surface area contributed by atoms with Crippen LogP contribution in [0.2, 0.25) is 0 Å². The van der Waals surface area contributed by atoms with Crippen LogP contribution in [0.3, 0.4) is 0 Å². The number of aromatic nitrogens is 1. The molecule has 174 valence electrons. The number of rotatable bonds is 8. The number of hydrogen-bond donors (Lipinski definition) is 2. The van der Waals surface area contributed by atoms with Crippen LogP contribution in [0.25, 0.3) is 22.2 Å². The molecule has 1 fully saturated rings. The zero-order chi connectivity index (χ0) is 23.5. The van der Waals surface area contributed by atoms with Gasteiger partial charge >= 0.3 is 6.09 Å². The third kappa shape index (κ3) is 4.70. The Kier molecular flexibility index (Phi) is 6.10. The Morgan fingerprint density at radius 3 is 2.53 bits per heavy atom. The van der Waals surface area contributed by atoms with Crippen molar-refractivity contribution in [3.63, 3.8) is 0 Å². The molecule has 5 rings (SSSR count). The number of anilines is 2. The Balaban J connectivity index is 1.37. The molecule has 34 heavy (non-hydrogen) atoms. The maximum Gasteiger partial charge on any atom is 0.411 e. The van der Waals surface area contributed by atoms with Crippen LogP contribution in [0.1, 0.15) is 18.4 Å². The molecule has 0 bridgehead atoms. The van der Waals surface area contributed by atoms with Crippen molar-refractivity contribution in [3.05, 3.63) is 78.4 Å². The number of nitrogen functional groups attached to an aromatic ring is 1. The lowest BCUT2D eigenvalue weighted by molar-refractivity contribution is -0.178. The van der Waals surface area contributed by atoms with Gasteiger partial charge in [0.1, 0.15) is 6.61 Å². The molecule has 3 N–H and O–H groups in total. The summed E-state index contributed by atoms with van der Waals surface area (Å²) < 4.78 is 7.58. The van der Waals surface area contributed by atoms with Crippen LogP contribution in [0, 0.1) is 5.92 Å². The van der Waals surface area contributed by atoms with Crippen molar-refractivity contribution in [1.29, 1.82) is 0 Å². The summed E-state index contributed by atoms with van der Waals surface area (Å²) in [6.07, 6.45) is 1.95. The molecule has 0 aliphatic heterocycles. The molecular formula is C27H27N3O4. The largest absolute Gasteiger partial charge is 0.444 e. The van der Waals surface area contributed by atoms with Gasteiger partial charge in [-0.05, 0) is 48.6 Å². The molecule has 0 radical (unpaired) electrons. The van der Waals surface area contributed by atoms with Gasteiger partial charge in [-0.1, -0.05) is 42.5 Å². The molecule has 4 aromatic rings. The molecule has 0 atom stereocenters. The third-order valence-corrected chi connectivity index (χ3v) is 6.01. The topological polar surface area (TPSA) is 87.7 Å². The number of carbonyl (C=O) groups excluding carboxylic acids is 1. The first-order valence-corrected chi connectivity index (χ1v) is 11.3. The van der Waals surface area contributed by atoms with E-state index in [1.807, 2.05) is 72.8 Å². The maximum atomic E-state index is 12.2. The van der Waals surface area contributed by atoms with Crippen LogP contribution < -0.4 is 15.9 Å². The highest BCUT2D eigenvalue weighted by Crippen LogP contribution is 2.41. The second-order valence-electron chi connectivity index (χ2n) is 8.51. The summed E-state index contributed by atoms with van der Waals surface area (Å²) in [7, 11) is 1.49. The van der Waals surface area contributed by atoms with Gasteiger partial charge in [-0.2, -0.15) is 4.89 Å². The average Bonchev–Trinajstić information content (AvgIpc) is 3.64. The molecular weight excluding hydrogens is 430 g/mol. The summed E-state index contributed by atoms with van der Waals surface area (Å²) in [6.45, 7) is 1.11. The van der Waals surface area contributed by atoms with Gasteiger partial charge in [-0.25, -0.2) is 4.79 Å². The standard InChI is InChI=1S/C27H27N3O4/c1-32-34-22-13-14-23-24(15-22)30(16-18-7-8-18)26(25(23)28)20-9-11-21(12-10-20)29-27(31)33-17-19-5-3-2-4-6-19/h2-6,9-15,18H,7-8,16-17,28H2,1H3,(H,29,31). The van der Waals surface area contributed by atoms with Crippen molar-refractivity contribution < 1.29 is 19.3 Å². The van der Waals surface area contributed by atoms with Crippen molar-refractivity contribution in [2.24, 2.45) is 5.92 Å². The lowest BCUT2D eigenvalue weighted by Crippen LogP contribution is -2.13. The molecule has 1 heterocycles. The van der Waals surface area contributed by atoms with E-state index < -0.39 is 6.09 Å². The van der Waals surface area contributed by atoms with Crippen LogP contribution in [0.15, 0.2) is 72.8 Å². The SMILES string of the molecule is COOc1ccc2c(N)c(-c3ccc(NC(=O)OCc4ccccc4)cc3)n(CC3CC3)c2c1. The number of fused-ring (bicyclic) bond motifs is 1. The first-order valence-electron chi connectivity index (χ1n) is 11.3. The highest BCUT2D eigenvalue weighted by atomic mass is 17.2. The van der Waals surface area contributed by atoms with Gasteiger partial charge in [-0.3, -0.25) is 5.32 Å². The highest BCUT2D eigenvalue weighted by molar-refractivity contribution is 6.01. The molecule has 1 saturated carbocycles. The van der Waals surface area contributed by atoms with E-state index in [1.54, 1.807) is 0 Å². The van der Waals surface area contributed by atoms with E-state index in [4.69, 9.17) is 20.2 Å². The summed E-state index contributed by atoms with van der Waals surface area (Å²) in [5, 5.41) is 3.76. The summed E-state index contributed by atoms with van der Waals surface area (Å²) in [5.74, 6) is 1.28. The van der Waals surface area contributed by atoms with Crippen LogP contribution in [0.4, 0.5) is 16.2 Å².